The Morgan fingerprint density at radius 1 is 1.36 bits per heavy atom. The van der Waals surface area contributed by atoms with Gasteiger partial charge in [-0.25, -0.2) is 0 Å². The van der Waals surface area contributed by atoms with Crippen LogP contribution in [0.2, 0.25) is 0 Å². The third-order valence-electron chi connectivity index (χ3n) is 2.95. The van der Waals surface area contributed by atoms with Crippen molar-refractivity contribution in [3.63, 3.8) is 0 Å². The molecule has 84 valence electrons. The zero-order valence-electron chi connectivity index (χ0n) is 9.66. The Bertz CT molecular complexity index is 172. The topological polar surface area (TPSA) is 49.5 Å². The zero-order chi connectivity index (χ0) is 10.8. The fourth-order valence-electron chi connectivity index (χ4n) is 2.47. The van der Waals surface area contributed by atoms with Gasteiger partial charge in [0.1, 0.15) is 0 Å². The number of rotatable bonds is 3. The van der Waals surface area contributed by atoms with Gasteiger partial charge in [-0.05, 0) is 25.2 Å². The quantitative estimate of drug-likeness (QED) is 0.704. The minimum absolute atomic E-state index is 0.340. The molecule has 1 aliphatic rings. The highest BCUT2D eigenvalue weighted by Crippen LogP contribution is 2.22. The molecule has 0 aliphatic carbocycles. The number of piperidine rings is 1. The summed E-state index contributed by atoms with van der Waals surface area (Å²) >= 11 is 0. The molecule has 1 saturated heterocycles. The fourth-order valence-corrected chi connectivity index (χ4v) is 2.47. The van der Waals surface area contributed by atoms with E-state index in [1.807, 2.05) is 6.92 Å². The number of aliphatic hydroxyl groups is 1. The lowest BCUT2D eigenvalue weighted by molar-refractivity contribution is 0.00692. The summed E-state index contributed by atoms with van der Waals surface area (Å²) in [5.41, 5.74) is 4.79. The minimum Gasteiger partial charge on any atom is -0.388 e. The van der Waals surface area contributed by atoms with Gasteiger partial charge in [0.05, 0.1) is 5.60 Å². The van der Waals surface area contributed by atoms with E-state index in [0.717, 1.165) is 24.9 Å². The number of hydrogen-bond donors (Lipinski definition) is 2. The van der Waals surface area contributed by atoms with Crippen LogP contribution in [0.3, 0.4) is 0 Å². The molecule has 3 heteroatoms. The monoisotopic (exact) mass is 200 g/mol. The van der Waals surface area contributed by atoms with E-state index in [-0.39, 0.29) is 0 Å². The van der Waals surface area contributed by atoms with Crippen molar-refractivity contribution in [2.45, 2.75) is 32.8 Å². The Labute approximate surface area is 87.3 Å². The maximum atomic E-state index is 9.88. The average Bonchev–Trinajstić information content (AvgIpc) is 2.01. The molecule has 3 unspecified atom stereocenters. The highest BCUT2D eigenvalue weighted by atomic mass is 16.3. The van der Waals surface area contributed by atoms with Crippen LogP contribution in [0.4, 0.5) is 0 Å². The molecule has 0 saturated carbocycles. The summed E-state index contributed by atoms with van der Waals surface area (Å²) in [5, 5.41) is 9.88. The first kappa shape index (κ1) is 12.0. The molecule has 3 nitrogen and oxygen atoms in total. The van der Waals surface area contributed by atoms with Crippen molar-refractivity contribution in [3.05, 3.63) is 0 Å². The second kappa shape index (κ2) is 4.60. The summed E-state index contributed by atoms with van der Waals surface area (Å²) in [4.78, 5) is 2.34. The molecular formula is C11H24N2O. The highest BCUT2D eigenvalue weighted by Gasteiger charge is 2.27. The molecule has 3 N–H and O–H groups in total. The van der Waals surface area contributed by atoms with E-state index in [1.54, 1.807) is 0 Å². The lowest BCUT2D eigenvalue weighted by Crippen LogP contribution is -2.50. The molecule has 1 rings (SSSR count). The second-order valence-corrected chi connectivity index (χ2v) is 5.34. The molecule has 1 fully saturated rings. The molecule has 0 amide bonds. The molecule has 0 spiro atoms. The summed E-state index contributed by atoms with van der Waals surface area (Å²) in [7, 11) is 0. The maximum absolute atomic E-state index is 9.88. The van der Waals surface area contributed by atoms with Gasteiger partial charge in [0.25, 0.3) is 0 Å². The summed E-state index contributed by atoms with van der Waals surface area (Å²) in [6.45, 7) is 9.61. The lowest BCUT2D eigenvalue weighted by atomic mass is 9.91. The van der Waals surface area contributed by atoms with Gasteiger partial charge in [-0.2, -0.15) is 0 Å². The van der Waals surface area contributed by atoms with Crippen LogP contribution >= 0.6 is 0 Å². The van der Waals surface area contributed by atoms with Gasteiger partial charge in [0, 0.05) is 26.2 Å². The van der Waals surface area contributed by atoms with Crippen molar-refractivity contribution < 1.29 is 5.11 Å². The maximum Gasteiger partial charge on any atom is 0.0867 e. The zero-order valence-corrected chi connectivity index (χ0v) is 9.66. The SMILES string of the molecule is CC1CC(C)CN(CC(C)(O)CN)C1. The van der Waals surface area contributed by atoms with E-state index < -0.39 is 5.60 Å². The number of nitrogens with two attached hydrogens (primary N) is 1. The van der Waals surface area contributed by atoms with Crippen molar-refractivity contribution in [1.82, 2.24) is 4.90 Å². The van der Waals surface area contributed by atoms with Crippen LogP contribution in [0.15, 0.2) is 0 Å². The van der Waals surface area contributed by atoms with Crippen LogP contribution in [0.25, 0.3) is 0 Å². The molecule has 14 heavy (non-hydrogen) atoms. The summed E-state index contributed by atoms with van der Waals surface area (Å²) in [6.07, 6.45) is 1.31. The molecule has 3 atom stereocenters. The minimum atomic E-state index is -0.725. The Morgan fingerprint density at radius 3 is 2.29 bits per heavy atom. The Kier molecular flexibility index (Phi) is 3.93. The molecule has 1 aliphatic heterocycles. The van der Waals surface area contributed by atoms with Gasteiger partial charge in [0.15, 0.2) is 0 Å². The predicted molar refractivity (Wildman–Crippen MR) is 59.1 cm³/mol. The largest absolute Gasteiger partial charge is 0.388 e. The van der Waals surface area contributed by atoms with Crippen LogP contribution in [0.1, 0.15) is 27.2 Å². The van der Waals surface area contributed by atoms with Crippen molar-refractivity contribution in [2.75, 3.05) is 26.2 Å². The third-order valence-corrected chi connectivity index (χ3v) is 2.95. The van der Waals surface area contributed by atoms with E-state index in [2.05, 4.69) is 18.7 Å². The van der Waals surface area contributed by atoms with Gasteiger partial charge >= 0.3 is 0 Å². The molecule has 0 aromatic heterocycles. The van der Waals surface area contributed by atoms with Crippen LogP contribution in [-0.4, -0.2) is 41.8 Å². The Morgan fingerprint density at radius 2 is 1.86 bits per heavy atom. The molecule has 0 aromatic carbocycles. The normalized spacial score (nSPS) is 34.1. The fraction of sp³-hybridized carbons (Fsp3) is 1.00. The van der Waals surface area contributed by atoms with Crippen LogP contribution in [-0.2, 0) is 0 Å². The van der Waals surface area contributed by atoms with E-state index in [9.17, 15) is 5.11 Å². The molecule has 0 bridgehead atoms. The third kappa shape index (κ3) is 3.56. The smallest absolute Gasteiger partial charge is 0.0867 e. The van der Waals surface area contributed by atoms with Crippen LogP contribution in [0, 0.1) is 11.8 Å². The van der Waals surface area contributed by atoms with Crippen LogP contribution in [0.5, 0.6) is 0 Å². The van der Waals surface area contributed by atoms with E-state index in [1.165, 1.54) is 6.42 Å². The van der Waals surface area contributed by atoms with Crippen molar-refractivity contribution in [3.8, 4) is 0 Å². The number of likely N-dealkylation sites (tertiary alicyclic amines) is 1. The number of β-amino-alcohol motifs (C(OH)–C–C–N with tert-alkyl or cyclic N) is 1. The Hall–Kier alpha value is -0.120. The first-order valence-corrected chi connectivity index (χ1v) is 5.58. The molecule has 0 radical (unpaired) electrons. The predicted octanol–water partition coefficient (Wildman–Crippen LogP) is 0.674. The summed E-state index contributed by atoms with van der Waals surface area (Å²) in [6, 6.07) is 0. The van der Waals surface area contributed by atoms with Crippen molar-refractivity contribution in [1.29, 1.82) is 0 Å². The van der Waals surface area contributed by atoms with E-state index in [4.69, 9.17) is 5.73 Å². The number of nitrogens with zero attached hydrogens (tertiary/aromatic N) is 1. The van der Waals surface area contributed by atoms with Gasteiger partial charge < -0.3 is 10.8 Å². The average molecular weight is 200 g/mol. The molecule has 1 heterocycles. The summed E-state index contributed by atoms with van der Waals surface area (Å²) < 4.78 is 0. The van der Waals surface area contributed by atoms with Gasteiger partial charge in [-0.1, -0.05) is 13.8 Å². The number of hydrogen-bond acceptors (Lipinski definition) is 3. The Balaban J connectivity index is 2.44. The van der Waals surface area contributed by atoms with E-state index >= 15 is 0 Å². The lowest BCUT2D eigenvalue weighted by Gasteiger charge is -2.38. The molecular weight excluding hydrogens is 176 g/mol. The highest BCUT2D eigenvalue weighted by molar-refractivity contribution is 4.82. The molecule has 0 aromatic rings. The summed E-state index contributed by atoms with van der Waals surface area (Å²) in [5.74, 6) is 1.49. The van der Waals surface area contributed by atoms with Gasteiger partial charge in [-0.3, -0.25) is 4.90 Å². The van der Waals surface area contributed by atoms with Gasteiger partial charge in [-0.15, -0.1) is 0 Å². The van der Waals surface area contributed by atoms with E-state index in [0.29, 0.717) is 13.1 Å². The van der Waals surface area contributed by atoms with Crippen molar-refractivity contribution in [2.24, 2.45) is 17.6 Å². The van der Waals surface area contributed by atoms with Crippen LogP contribution < -0.4 is 5.73 Å². The first-order valence-electron chi connectivity index (χ1n) is 5.58. The van der Waals surface area contributed by atoms with Gasteiger partial charge in [0.2, 0.25) is 0 Å². The standard InChI is InChI=1S/C11H24N2O/c1-9-4-10(2)6-13(5-9)8-11(3,14)7-12/h9-10,14H,4-8,12H2,1-3H3. The van der Waals surface area contributed by atoms with Crippen molar-refractivity contribution >= 4 is 0 Å². The second-order valence-electron chi connectivity index (χ2n) is 5.34. The first-order chi connectivity index (χ1) is 6.43.